The third-order valence-corrected chi connectivity index (χ3v) is 6.01. The number of carbonyl (C=O) groups excluding carboxylic acids is 1. The summed E-state index contributed by atoms with van der Waals surface area (Å²) < 4.78 is 5.83. The highest BCUT2D eigenvalue weighted by Gasteiger charge is 2.22. The third kappa shape index (κ3) is 5.95. The van der Waals surface area contributed by atoms with Gasteiger partial charge in [0.05, 0.1) is 12.0 Å². The molecule has 37 heavy (non-hydrogen) atoms. The van der Waals surface area contributed by atoms with E-state index < -0.39 is 11.9 Å². The second-order valence-corrected chi connectivity index (χ2v) is 8.73. The second kappa shape index (κ2) is 10.9. The number of unbranched alkanes of at least 4 members (excludes halogenated alkanes) is 2. The molecule has 1 aliphatic heterocycles. The van der Waals surface area contributed by atoms with Crippen LogP contribution in [-0.2, 0) is 16.0 Å². The fourth-order valence-electron chi connectivity index (χ4n) is 4.30. The molecule has 190 valence electrons. The first-order chi connectivity index (χ1) is 17.7. The summed E-state index contributed by atoms with van der Waals surface area (Å²) in [6.45, 7) is 0.405. The lowest BCUT2D eigenvalue weighted by molar-refractivity contribution is -0.137. The van der Waals surface area contributed by atoms with Crippen molar-refractivity contribution in [1.82, 2.24) is 5.32 Å². The number of rotatable bonds is 10. The van der Waals surface area contributed by atoms with Crippen LogP contribution in [0.25, 0.3) is 33.4 Å². The zero-order valence-corrected chi connectivity index (χ0v) is 19.8. The SMILES string of the molecule is O=C(O)CCCCCNC(=O)Cc1ccc(-c2c3ccc(=O)cc-3oc3cc(O)ccc23)c(C(=O)O)c1. The van der Waals surface area contributed by atoms with E-state index in [4.69, 9.17) is 9.52 Å². The number of hydrogen-bond acceptors (Lipinski definition) is 6. The van der Waals surface area contributed by atoms with Crippen molar-refractivity contribution >= 4 is 28.8 Å². The summed E-state index contributed by atoms with van der Waals surface area (Å²) in [5.74, 6) is -2.08. The second-order valence-electron chi connectivity index (χ2n) is 8.73. The molecule has 0 unspecified atom stereocenters. The van der Waals surface area contributed by atoms with Gasteiger partial charge in [0.25, 0.3) is 0 Å². The largest absolute Gasteiger partial charge is 0.508 e. The minimum atomic E-state index is -1.18. The fraction of sp³-hybridized carbons (Fsp3) is 0.214. The maximum Gasteiger partial charge on any atom is 0.336 e. The number of aromatic hydroxyl groups is 1. The topological polar surface area (TPSA) is 154 Å². The van der Waals surface area contributed by atoms with Gasteiger partial charge in [0.1, 0.15) is 17.1 Å². The number of benzene rings is 3. The summed E-state index contributed by atoms with van der Waals surface area (Å²) in [6.07, 6.45) is 1.95. The number of carboxylic acid groups (broad SMARTS) is 2. The summed E-state index contributed by atoms with van der Waals surface area (Å²) >= 11 is 0. The van der Waals surface area contributed by atoms with Gasteiger partial charge in [0.2, 0.25) is 5.91 Å². The van der Waals surface area contributed by atoms with E-state index in [1.165, 1.54) is 30.3 Å². The van der Waals surface area contributed by atoms with E-state index in [-0.39, 0.29) is 46.8 Å². The fourth-order valence-corrected chi connectivity index (χ4v) is 4.30. The summed E-state index contributed by atoms with van der Waals surface area (Å²) in [6, 6.07) is 13.5. The molecule has 1 amide bonds. The van der Waals surface area contributed by atoms with Crippen LogP contribution >= 0.6 is 0 Å². The van der Waals surface area contributed by atoms with Gasteiger partial charge in [0, 0.05) is 41.6 Å². The van der Waals surface area contributed by atoms with Gasteiger partial charge in [-0.25, -0.2) is 4.79 Å². The van der Waals surface area contributed by atoms with E-state index in [1.807, 2.05) is 0 Å². The maximum absolute atomic E-state index is 12.4. The smallest absolute Gasteiger partial charge is 0.336 e. The molecule has 0 fully saturated rings. The average Bonchev–Trinajstić information content (AvgIpc) is 2.84. The van der Waals surface area contributed by atoms with Gasteiger partial charge in [-0.05, 0) is 54.3 Å². The van der Waals surface area contributed by atoms with Crippen LogP contribution in [-0.4, -0.2) is 39.7 Å². The number of aromatic carboxylic acids is 1. The Kier molecular flexibility index (Phi) is 7.52. The molecule has 2 aromatic rings. The van der Waals surface area contributed by atoms with E-state index in [9.17, 15) is 29.4 Å². The normalized spacial score (nSPS) is 11.0. The molecule has 0 spiro atoms. The van der Waals surface area contributed by atoms with E-state index in [0.717, 1.165) is 0 Å². The molecule has 2 aromatic carbocycles. The molecule has 0 saturated carbocycles. The number of phenols is 1. The number of phenolic OH excluding ortho intramolecular Hbond substituents is 1. The van der Waals surface area contributed by atoms with Gasteiger partial charge < -0.3 is 25.1 Å². The van der Waals surface area contributed by atoms with Gasteiger partial charge in [0.15, 0.2) is 5.43 Å². The van der Waals surface area contributed by atoms with Crippen LogP contribution in [0.4, 0.5) is 0 Å². The van der Waals surface area contributed by atoms with Gasteiger partial charge in [-0.3, -0.25) is 14.4 Å². The minimum Gasteiger partial charge on any atom is -0.508 e. The molecule has 4 N–H and O–H groups in total. The molecular weight excluding hydrogens is 478 g/mol. The molecular formula is C28H25NO8. The van der Waals surface area contributed by atoms with E-state index in [0.29, 0.717) is 53.4 Å². The number of nitrogens with one attached hydrogen (secondary N) is 1. The number of aliphatic carboxylic acids is 1. The average molecular weight is 504 g/mol. The Morgan fingerprint density at radius 2 is 1.65 bits per heavy atom. The molecule has 0 atom stereocenters. The van der Waals surface area contributed by atoms with Crippen molar-refractivity contribution in [3.63, 3.8) is 0 Å². The molecule has 1 heterocycles. The van der Waals surface area contributed by atoms with Crippen LogP contribution in [0.1, 0.15) is 41.6 Å². The Morgan fingerprint density at radius 3 is 2.41 bits per heavy atom. The molecule has 9 heteroatoms. The number of amides is 1. The minimum absolute atomic E-state index is 0.0191. The van der Waals surface area contributed by atoms with Crippen molar-refractivity contribution in [3.8, 4) is 28.2 Å². The highest BCUT2D eigenvalue weighted by molar-refractivity contribution is 6.07. The summed E-state index contributed by atoms with van der Waals surface area (Å²) in [5, 5.41) is 31.9. The number of fused-ring (bicyclic) bond motifs is 2. The van der Waals surface area contributed by atoms with Crippen LogP contribution in [0.15, 0.2) is 63.8 Å². The van der Waals surface area contributed by atoms with Crippen molar-refractivity contribution < 1.29 is 34.1 Å². The predicted molar refractivity (Wildman–Crippen MR) is 136 cm³/mol. The Morgan fingerprint density at radius 1 is 0.865 bits per heavy atom. The number of carboxylic acids is 2. The van der Waals surface area contributed by atoms with Gasteiger partial charge in [-0.1, -0.05) is 18.6 Å². The van der Waals surface area contributed by atoms with Crippen LogP contribution in [0.3, 0.4) is 0 Å². The molecule has 0 radical (unpaired) electrons. The molecule has 0 bridgehead atoms. The van der Waals surface area contributed by atoms with Crippen molar-refractivity contribution in [2.24, 2.45) is 0 Å². The zero-order chi connectivity index (χ0) is 26.5. The molecule has 9 nitrogen and oxygen atoms in total. The quantitative estimate of drug-likeness (QED) is 0.185. The van der Waals surface area contributed by atoms with E-state index in [1.54, 1.807) is 24.3 Å². The lowest BCUT2D eigenvalue weighted by atomic mass is 9.89. The molecule has 1 aliphatic carbocycles. The highest BCUT2D eigenvalue weighted by atomic mass is 16.4. The van der Waals surface area contributed by atoms with Gasteiger partial charge in [-0.15, -0.1) is 0 Å². The van der Waals surface area contributed by atoms with Crippen molar-refractivity contribution in [2.75, 3.05) is 6.54 Å². The summed E-state index contributed by atoms with van der Waals surface area (Å²) in [5.41, 5.74) is 1.95. The lowest BCUT2D eigenvalue weighted by Crippen LogP contribution is -2.26. The first kappa shape index (κ1) is 25.4. The monoisotopic (exact) mass is 503 g/mol. The molecule has 4 rings (SSSR count). The Labute approximate surface area is 211 Å². The van der Waals surface area contributed by atoms with Gasteiger partial charge in [-0.2, -0.15) is 0 Å². The Hall–Kier alpha value is -4.66. The highest BCUT2D eigenvalue weighted by Crippen LogP contribution is 2.42. The van der Waals surface area contributed by atoms with Crippen LogP contribution in [0.2, 0.25) is 0 Å². The van der Waals surface area contributed by atoms with Crippen molar-refractivity contribution in [1.29, 1.82) is 0 Å². The molecule has 0 aromatic heterocycles. The van der Waals surface area contributed by atoms with Crippen molar-refractivity contribution in [3.05, 3.63) is 75.9 Å². The number of hydrogen-bond donors (Lipinski definition) is 4. The third-order valence-electron chi connectivity index (χ3n) is 6.01. The standard InChI is InChI=1S/C28H25NO8/c30-17-6-9-20-23(14-17)37-24-15-18(31)7-10-21(24)27(20)19-8-5-16(12-22(19)28(35)36)13-25(32)29-11-3-1-2-4-26(33)34/h5-10,12,14-15,30H,1-4,11,13H2,(H,29,32)(H,33,34)(H,35,36). The Bertz CT molecular complexity index is 1520. The maximum atomic E-state index is 12.4. The van der Waals surface area contributed by atoms with Gasteiger partial charge >= 0.3 is 11.9 Å². The summed E-state index contributed by atoms with van der Waals surface area (Å²) in [7, 11) is 0. The van der Waals surface area contributed by atoms with Crippen LogP contribution in [0.5, 0.6) is 5.75 Å². The molecule has 0 saturated heterocycles. The number of carbonyl (C=O) groups is 3. The Balaban J connectivity index is 1.64. The van der Waals surface area contributed by atoms with E-state index in [2.05, 4.69) is 5.32 Å². The lowest BCUT2D eigenvalue weighted by Gasteiger charge is -2.17. The van der Waals surface area contributed by atoms with E-state index >= 15 is 0 Å². The van der Waals surface area contributed by atoms with Crippen molar-refractivity contribution in [2.45, 2.75) is 32.1 Å². The van der Waals surface area contributed by atoms with Crippen LogP contribution in [0, 0.1) is 0 Å². The predicted octanol–water partition coefficient (Wildman–Crippen LogP) is 4.27. The zero-order valence-electron chi connectivity index (χ0n) is 19.8. The first-order valence-electron chi connectivity index (χ1n) is 11.8. The summed E-state index contributed by atoms with van der Waals surface area (Å²) in [4.78, 5) is 47.2. The van der Waals surface area contributed by atoms with Crippen LogP contribution < -0.4 is 10.7 Å². The molecule has 2 aliphatic rings. The first-order valence-corrected chi connectivity index (χ1v) is 11.8.